The van der Waals surface area contributed by atoms with Gasteiger partial charge in [0.15, 0.2) is 0 Å². The molecular formula is C14H24N2O3. The lowest BCUT2D eigenvalue weighted by Gasteiger charge is -2.37. The van der Waals surface area contributed by atoms with Crippen molar-refractivity contribution in [1.82, 2.24) is 9.80 Å². The van der Waals surface area contributed by atoms with E-state index in [9.17, 15) is 9.59 Å². The molecule has 1 saturated carbocycles. The van der Waals surface area contributed by atoms with Crippen molar-refractivity contribution in [3.8, 4) is 0 Å². The molecular weight excluding hydrogens is 244 g/mol. The second kappa shape index (κ2) is 5.90. The van der Waals surface area contributed by atoms with E-state index in [1.165, 1.54) is 7.11 Å². The van der Waals surface area contributed by atoms with Crippen molar-refractivity contribution < 1.29 is 14.3 Å². The molecule has 0 radical (unpaired) electrons. The fraction of sp³-hybridized carbons (Fsp3) is 0.857. The van der Waals surface area contributed by atoms with E-state index < -0.39 is 0 Å². The molecule has 1 aliphatic heterocycles. The number of nitrogens with zero attached hydrogens (tertiary/aromatic N) is 2. The third-order valence-corrected chi connectivity index (χ3v) is 4.53. The Kier molecular flexibility index (Phi) is 4.45. The Morgan fingerprint density at radius 2 is 1.89 bits per heavy atom. The van der Waals surface area contributed by atoms with E-state index in [0.717, 1.165) is 25.7 Å². The highest BCUT2D eigenvalue weighted by Crippen LogP contribution is 2.30. The van der Waals surface area contributed by atoms with Gasteiger partial charge in [-0.3, -0.25) is 9.59 Å². The average molecular weight is 268 g/mol. The lowest BCUT2D eigenvalue weighted by molar-refractivity contribution is -0.145. The molecule has 0 aromatic carbocycles. The van der Waals surface area contributed by atoms with Gasteiger partial charge in [-0.25, -0.2) is 0 Å². The molecule has 108 valence electrons. The second-order valence-corrected chi connectivity index (χ2v) is 5.90. The molecule has 0 spiro atoms. The van der Waals surface area contributed by atoms with Crippen molar-refractivity contribution in [2.75, 3.05) is 27.7 Å². The number of hydrogen-bond acceptors (Lipinski definition) is 4. The summed E-state index contributed by atoms with van der Waals surface area (Å²) in [7, 11) is 5.61. The number of rotatable bonds is 3. The van der Waals surface area contributed by atoms with Crippen LogP contribution < -0.4 is 0 Å². The summed E-state index contributed by atoms with van der Waals surface area (Å²) in [6.45, 7) is 0.544. The van der Waals surface area contributed by atoms with Crippen LogP contribution in [0, 0.1) is 5.92 Å². The Bertz CT molecular complexity index is 349. The van der Waals surface area contributed by atoms with Crippen LogP contribution in [0.25, 0.3) is 0 Å². The molecule has 0 aromatic rings. The summed E-state index contributed by atoms with van der Waals surface area (Å²) in [5.41, 5.74) is 0. The summed E-state index contributed by atoms with van der Waals surface area (Å²) in [6, 6.07) is 0.948. The van der Waals surface area contributed by atoms with E-state index in [2.05, 4.69) is 19.0 Å². The minimum absolute atomic E-state index is 0.115. The molecule has 2 rings (SSSR count). The maximum Gasteiger partial charge on any atom is 0.310 e. The van der Waals surface area contributed by atoms with Gasteiger partial charge in [0.2, 0.25) is 5.91 Å². The maximum atomic E-state index is 12.0. The zero-order valence-electron chi connectivity index (χ0n) is 12.1. The molecule has 1 atom stereocenters. The van der Waals surface area contributed by atoms with Gasteiger partial charge in [-0.05, 0) is 39.8 Å². The van der Waals surface area contributed by atoms with Crippen LogP contribution in [-0.2, 0) is 14.3 Å². The molecule has 1 saturated heterocycles. The number of carbonyl (C=O) groups is 2. The third kappa shape index (κ3) is 3.08. The largest absolute Gasteiger partial charge is 0.469 e. The van der Waals surface area contributed by atoms with Crippen molar-refractivity contribution in [2.45, 2.75) is 44.2 Å². The Morgan fingerprint density at radius 1 is 1.26 bits per heavy atom. The Morgan fingerprint density at radius 3 is 2.42 bits per heavy atom. The smallest absolute Gasteiger partial charge is 0.310 e. The highest BCUT2D eigenvalue weighted by atomic mass is 16.5. The molecule has 1 unspecified atom stereocenters. The number of ether oxygens (including phenoxy) is 1. The van der Waals surface area contributed by atoms with Gasteiger partial charge in [0.1, 0.15) is 0 Å². The van der Waals surface area contributed by atoms with E-state index >= 15 is 0 Å². The molecule has 1 amide bonds. The summed E-state index contributed by atoms with van der Waals surface area (Å²) in [5, 5.41) is 0. The lowest BCUT2D eigenvalue weighted by atomic mass is 9.89. The van der Waals surface area contributed by atoms with Crippen LogP contribution in [-0.4, -0.2) is 61.5 Å². The van der Waals surface area contributed by atoms with E-state index in [1.54, 1.807) is 0 Å². The highest BCUT2D eigenvalue weighted by molar-refractivity contribution is 5.87. The number of carbonyl (C=O) groups excluding carboxylic acids is 2. The van der Waals surface area contributed by atoms with Gasteiger partial charge in [-0.15, -0.1) is 0 Å². The van der Waals surface area contributed by atoms with E-state index in [4.69, 9.17) is 4.74 Å². The normalized spacial score (nSPS) is 31.9. The summed E-state index contributed by atoms with van der Waals surface area (Å²) >= 11 is 0. The van der Waals surface area contributed by atoms with Crippen LogP contribution in [0.5, 0.6) is 0 Å². The van der Waals surface area contributed by atoms with Gasteiger partial charge >= 0.3 is 5.97 Å². The first-order valence-corrected chi connectivity index (χ1v) is 7.06. The summed E-state index contributed by atoms with van der Waals surface area (Å²) in [5.74, 6) is -0.398. The van der Waals surface area contributed by atoms with Crippen molar-refractivity contribution in [1.29, 1.82) is 0 Å². The molecule has 1 aliphatic carbocycles. The Balaban J connectivity index is 1.90. The van der Waals surface area contributed by atoms with Crippen LogP contribution in [0.15, 0.2) is 0 Å². The number of esters is 1. The zero-order chi connectivity index (χ0) is 14.0. The number of hydrogen-bond donors (Lipinski definition) is 0. The van der Waals surface area contributed by atoms with Crippen molar-refractivity contribution in [3.63, 3.8) is 0 Å². The fourth-order valence-electron chi connectivity index (χ4n) is 3.30. The van der Waals surface area contributed by atoms with Crippen molar-refractivity contribution >= 4 is 11.9 Å². The predicted octanol–water partition coefficient (Wildman–Crippen LogP) is 0.881. The highest BCUT2D eigenvalue weighted by Gasteiger charge is 2.39. The standard InChI is InChI=1S/C14H24N2O3/c1-15(2)11-4-6-12(7-5-11)16-9-10(8-13(16)17)14(18)19-3/h10-12H,4-9H2,1-3H3. The predicted molar refractivity (Wildman–Crippen MR) is 71.6 cm³/mol. The van der Waals surface area contributed by atoms with Crippen LogP contribution in [0.1, 0.15) is 32.1 Å². The maximum absolute atomic E-state index is 12.0. The summed E-state index contributed by atoms with van der Waals surface area (Å²) in [6.07, 6.45) is 4.67. The van der Waals surface area contributed by atoms with Crippen LogP contribution in [0.2, 0.25) is 0 Å². The van der Waals surface area contributed by atoms with Gasteiger partial charge in [0.25, 0.3) is 0 Å². The Labute approximate surface area is 114 Å². The molecule has 0 bridgehead atoms. The van der Waals surface area contributed by atoms with Crippen molar-refractivity contribution in [2.24, 2.45) is 5.92 Å². The molecule has 2 aliphatic rings. The fourth-order valence-corrected chi connectivity index (χ4v) is 3.30. The van der Waals surface area contributed by atoms with E-state index in [-0.39, 0.29) is 17.8 Å². The van der Waals surface area contributed by atoms with Gasteiger partial charge in [-0.2, -0.15) is 0 Å². The third-order valence-electron chi connectivity index (χ3n) is 4.53. The zero-order valence-corrected chi connectivity index (χ0v) is 12.1. The van der Waals surface area contributed by atoms with Crippen molar-refractivity contribution in [3.05, 3.63) is 0 Å². The van der Waals surface area contributed by atoms with Crippen LogP contribution in [0.4, 0.5) is 0 Å². The van der Waals surface area contributed by atoms with Gasteiger partial charge in [-0.1, -0.05) is 0 Å². The monoisotopic (exact) mass is 268 g/mol. The molecule has 19 heavy (non-hydrogen) atoms. The van der Waals surface area contributed by atoms with E-state index in [0.29, 0.717) is 25.0 Å². The van der Waals surface area contributed by atoms with Crippen LogP contribution in [0.3, 0.4) is 0 Å². The molecule has 1 heterocycles. The first-order chi connectivity index (χ1) is 9.02. The first kappa shape index (κ1) is 14.3. The Hall–Kier alpha value is -1.10. The summed E-state index contributed by atoms with van der Waals surface area (Å²) < 4.78 is 4.74. The molecule has 5 nitrogen and oxygen atoms in total. The molecule has 2 fully saturated rings. The van der Waals surface area contributed by atoms with Gasteiger partial charge in [0, 0.05) is 25.0 Å². The SMILES string of the molecule is COC(=O)C1CC(=O)N(C2CCC(N(C)C)CC2)C1. The number of likely N-dealkylation sites (tertiary alicyclic amines) is 1. The summed E-state index contributed by atoms with van der Waals surface area (Å²) in [4.78, 5) is 27.7. The minimum atomic E-state index is -0.260. The lowest BCUT2D eigenvalue weighted by Crippen LogP contribution is -2.43. The van der Waals surface area contributed by atoms with Crippen LogP contribution >= 0.6 is 0 Å². The van der Waals surface area contributed by atoms with Gasteiger partial charge in [0.05, 0.1) is 13.0 Å². The number of amides is 1. The number of methoxy groups -OCH3 is 1. The second-order valence-electron chi connectivity index (χ2n) is 5.90. The topological polar surface area (TPSA) is 49.9 Å². The van der Waals surface area contributed by atoms with Gasteiger partial charge < -0.3 is 14.5 Å². The minimum Gasteiger partial charge on any atom is -0.469 e. The molecule has 5 heteroatoms. The molecule has 0 aromatic heterocycles. The van der Waals surface area contributed by atoms with E-state index in [1.807, 2.05) is 4.90 Å². The first-order valence-electron chi connectivity index (χ1n) is 7.06. The molecule has 0 N–H and O–H groups in total. The quantitative estimate of drug-likeness (QED) is 0.713. The average Bonchev–Trinajstić information content (AvgIpc) is 2.80.